The molecule has 0 aliphatic carbocycles. The van der Waals surface area contributed by atoms with Gasteiger partial charge in [-0.3, -0.25) is 4.79 Å². The largest absolute Gasteiger partial charge is 0.389 e. The lowest BCUT2D eigenvalue weighted by atomic mass is 10.1. The number of hydrogen-bond acceptors (Lipinski definition) is 4. The summed E-state index contributed by atoms with van der Waals surface area (Å²) in [7, 11) is -3.72. The van der Waals surface area contributed by atoms with Crippen LogP contribution in [0.5, 0.6) is 0 Å². The van der Waals surface area contributed by atoms with Crippen LogP contribution in [0.1, 0.15) is 37.6 Å². The Morgan fingerprint density at radius 1 is 1.37 bits per heavy atom. The molecule has 0 unspecified atom stereocenters. The van der Waals surface area contributed by atoms with Gasteiger partial charge >= 0.3 is 0 Å². The fraction of sp³-hybridized carbons (Fsp3) is 0.462. The quantitative estimate of drug-likeness (QED) is 0.772. The van der Waals surface area contributed by atoms with Crippen molar-refractivity contribution in [1.29, 1.82) is 0 Å². The maximum atomic E-state index is 12.0. The van der Waals surface area contributed by atoms with Gasteiger partial charge in [0.15, 0.2) is 5.78 Å². The standard InChI is InChI=1S/C13H19NO4S/c1-4-12(15)10-6-5-7-11(8-10)19(17,18)14-9-13(2,3)16/h5-8,14,16H,4,9H2,1-3H3. The molecule has 0 aliphatic rings. The van der Waals surface area contributed by atoms with E-state index in [1.54, 1.807) is 13.0 Å². The van der Waals surface area contributed by atoms with Crippen molar-refractivity contribution >= 4 is 15.8 Å². The molecule has 1 aromatic carbocycles. The van der Waals surface area contributed by atoms with Gasteiger partial charge in [0.1, 0.15) is 0 Å². The average Bonchev–Trinajstić information content (AvgIpc) is 2.35. The van der Waals surface area contributed by atoms with E-state index in [1.165, 1.54) is 32.0 Å². The van der Waals surface area contributed by atoms with Gasteiger partial charge in [0.25, 0.3) is 0 Å². The van der Waals surface area contributed by atoms with Crippen molar-refractivity contribution in [2.75, 3.05) is 6.54 Å². The molecule has 0 aromatic heterocycles. The van der Waals surface area contributed by atoms with Gasteiger partial charge in [0.05, 0.1) is 10.5 Å². The molecule has 0 saturated carbocycles. The molecule has 0 amide bonds. The highest BCUT2D eigenvalue weighted by Crippen LogP contribution is 2.13. The first-order valence-electron chi connectivity index (χ1n) is 6.01. The molecule has 0 fully saturated rings. The number of sulfonamides is 1. The third kappa shape index (κ3) is 4.74. The normalized spacial score (nSPS) is 12.4. The number of nitrogens with one attached hydrogen (secondary N) is 1. The van der Waals surface area contributed by atoms with Crippen molar-refractivity contribution in [1.82, 2.24) is 4.72 Å². The van der Waals surface area contributed by atoms with E-state index in [0.717, 1.165) is 0 Å². The number of aliphatic hydroxyl groups is 1. The van der Waals surface area contributed by atoms with Crippen LogP contribution in [0, 0.1) is 0 Å². The predicted octanol–water partition coefficient (Wildman–Crippen LogP) is 1.33. The summed E-state index contributed by atoms with van der Waals surface area (Å²) in [6.07, 6.45) is 0.320. The zero-order valence-corrected chi connectivity index (χ0v) is 12.1. The summed E-state index contributed by atoms with van der Waals surface area (Å²) < 4.78 is 26.3. The van der Waals surface area contributed by atoms with E-state index >= 15 is 0 Å². The van der Waals surface area contributed by atoms with Crippen LogP contribution in [-0.4, -0.2) is 31.5 Å². The second-order valence-electron chi connectivity index (χ2n) is 4.94. The smallest absolute Gasteiger partial charge is 0.240 e. The Labute approximate surface area is 113 Å². The van der Waals surface area contributed by atoms with Gasteiger partial charge in [0, 0.05) is 18.5 Å². The zero-order valence-electron chi connectivity index (χ0n) is 11.3. The summed E-state index contributed by atoms with van der Waals surface area (Å²) in [5.74, 6) is -0.112. The van der Waals surface area contributed by atoms with E-state index in [-0.39, 0.29) is 17.2 Å². The molecule has 106 valence electrons. The molecule has 0 heterocycles. The molecule has 5 nitrogen and oxygen atoms in total. The fourth-order valence-corrected chi connectivity index (χ4v) is 2.65. The summed E-state index contributed by atoms with van der Waals surface area (Å²) in [6, 6.07) is 5.88. The summed E-state index contributed by atoms with van der Waals surface area (Å²) in [5, 5.41) is 9.53. The SMILES string of the molecule is CCC(=O)c1cccc(S(=O)(=O)NCC(C)(C)O)c1. The van der Waals surface area contributed by atoms with Crippen LogP contribution < -0.4 is 4.72 Å². The number of ketones is 1. The van der Waals surface area contributed by atoms with Gasteiger partial charge in [0.2, 0.25) is 10.0 Å². The molecule has 6 heteroatoms. The molecular formula is C13H19NO4S. The van der Waals surface area contributed by atoms with Crippen LogP contribution in [0.25, 0.3) is 0 Å². The van der Waals surface area contributed by atoms with Crippen LogP contribution in [0.4, 0.5) is 0 Å². The second kappa shape index (κ2) is 5.81. The van der Waals surface area contributed by atoms with Gasteiger partial charge in [-0.15, -0.1) is 0 Å². The molecule has 1 aromatic rings. The molecule has 0 radical (unpaired) electrons. The number of carbonyl (C=O) groups excluding carboxylic acids is 1. The maximum absolute atomic E-state index is 12.0. The summed E-state index contributed by atoms with van der Waals surface area (Å²) >= 11 is 0. The lowest BCUT2D eigenvalue weighted by Gasteiger charge is -2.17. The number of rotatable bonds is 6. The minimum Gasteiger partial charge on any atom is -0.389 e. The van der Waals surface area contributed by atoms with Gasteiger partial charge in [-0.2, -0.15) is 0 Å². The van der Waals surface area contributed by atoms with E-state index in [9.17, 15) is 18.3 Å². The van der Waals surface area contributed by atoms with Crippen molar-refractivity contribution in [3.8, 4) is 0 Å². The van der Waals surface area contributed by atoms with Crippen LogP contribution in [0.3, 0.4) is 0 Å². The number of Topliss-reactive ketones (excluding diaryl/α,β-unsaturated/α-hetero) is 1. The third-order valence-corrected chi connectivity index (χ3v) is 3.88. The molecule has 0 spiro atoms. The highest BCUT2D eigenvalue weighted by Gasteiger charge is 2.20. The van der Waals surface area contributed by atoms with Crippen LogP contribution >= 0.6 is 0 Å². The molecule has 19 heavy (non-hydrogen) atoms. The van der Waals surface area contributed by atoms with Gasteiger partial charge in [-0.05, 0) is 26.0 Å². The average molecular weight is 285 g/mol. The van der Waals surface area contributed by atoms with E-state index in [0.29, 0.717) is 12.0 Å². The first kappa shape index (κ1) is 15.8. The molecule has 2 N–H and O–H groups in total. The van der Waals surface area contributed by atoms with Crippen molar-refractivity contribution < 1.29 is 18.3 Å². The van der Waals surface area contributed by atoms with E-state index in [2.05, 4.69) is 4.72 Å². The summed E-state index contributed by atoms with van der Waals surface area (Å²) in [5.41, 5.74) is -0.766. The van der Waals surface area contributed by atoms with Crippen molar-refractivity contribution in [2.24, 2.45) is 0 Å². The highest BCUT2D eigenvalue weighted by molar-refractivity contribution is 7.89. The Bertz CT molecular complexity index is 558. The first-order valence-corrected chi connectivity index (χ1v) is 7.49. The Morgan fingerprint density at radius 3 is 2.53 bits per heavy atom. The molecule has 0 atom stereocenters. The Balaban J connectivity index is 2.99. The lowest BCUT2D eigenvalue weighted by Crippen LogP contribution is -2.38. The molecular weight excluding hydrogens is 266 g/mol. The van der Waals surface area contributed by atoms with E-state index < -0.39 is 15.6 Å². The lowest BCUT2D eigenvalue weighted by molar-refractivity contribution is 0.0856. The molecule has 1 rings (SSSR count). The predicted molar refractivity (Wildman–Crippen MR) is 72.5 cm³/mol. The highest BCUT2D eigenvalue weighted by atomic mass is 32.2. The second-order valence-corrected chi connectivity index (χ2v) is 6.71. The van der Waals surface area contributed by atoms with Gasteiger partial charge < -0.3 is 5.11 Å². The fourth-order valence-electron chi connectivity index (χ4n) is 1.40. The Kier molecular flexibility index (Phi) is 4.84. The minimum atomic E-state index is -3.72. The van der Waals surface area contributed by atoms with Crippen LogP contribution in [0.15, 0.2) is 29.2 Å². The Hall–Kier alpha value is -1.24. The minimum absolute atomic E-state index is 0.0241. The number of benzene rings is 1. The van der Waals surface area contributed by atoms with E-state index in [4.69, 9.17) is 0 Å². The number of hydrogen-bond donors (Lipinski definition) is 2. The topological polar surface area (TPSA) is 83.5 Å². The third-order valence-electron chi connectivity index (χ3n) is 2.48. The molecule has 0 aliphatic heterocycles. The van der Waals surface area contributed by atoms with Crippen molar-refractivity contribution in [3.05, 3.63) is 29.8 Å². The van der Waals surface area contributed by atoms with Crippen molar-refractivity contribution in [2.45, 2.75) is 37.7 Å². The molecule has 0 bridgehead atoms. The van der Waals surface area contributed by atoms with Gasteiger partial charge in [-0.1, -0.05) is 19.1 Å². The monoisotopic (exact) mass is 285 g/mol. The molecule has 0 saturated heterocycles. The van der Waals surface area contributed by atoms with E-state index in [1.807, 2.05) is 0 Å². The van der Waals surface area contributed by atoms with Crippen LogP contribution in [0.2, 0.25) is 0 Å². The maximum Gasteiger partial charge on any atom is 0.240 e. The van der Waals surface area contributed by atoms with Gasteiger partial charge in [-0.25, -0.2) is 13.1 Å². The Morgan fingerprint density at radius 2 is 2.00 bits per heavy atom. The van der Waals surface area contributed by atoms with Crippen molar-refractivity contribution in [3.63, 3.8) is 0 Å². The summed E-state index contributed by atoms with van der Waals surface area (Å²) in [6.45, 7) is 4.64. The zero-order chi connectivity index (χ0) is 14.7. The first-order chi connectivity index (χ1) is 8.65. The number of carbonyl (C=O) groups is 1. The summed E-state index contributed by atoms with van der Waals surface area (Å²) in [4.78, 5) is 11.6. The van der Waals surface area contributed by atoms with Crippen LogP contribution in [-0.2, 0) is 10.0 Å².